The Morgan fingerprint density at radius 2 is 2.17 bits per heavy atom. The first kappa shape index (κ1) is 21.2. The van der Waals surface area contributed by atoms with Crippen molar-refractivity contribution in [1.82, 2.24) is 10.6 Å². The lowest BCUT2D eigenvalue weighted by atomic mass is 10.1. The van der Waals surface area contributed by atoms with Crippen LogP contribution in [0.5, 0.6) is 0 Å². The number of hydrogen-bond acceptors (Lipinski definition) is 4. The van der Waals surface area contributed by atoms with Gasteiger partial charge in [0, 0.05) is 19.8 Å². The third-order valence-electron chi connectivity index (χ3n) is 2.88. The smallest absolute Gasteiger partial charge is 0.207 e. The molecule has 0 aromatic carbocycles. The number of carbonyl (C=O) groups excluding carboxylic acids is 2. The molecular weight excluding hydrogens is 304 g/mol. The number of nitrogens with one attached hydrogen (secondary N) is 2. The molecule has 0 bridgehead atoms. The number of hydrogen-bond donors (Lipinski definition) is 2. The van der Waals surface area contributed by atoms with E-state index in [0.29, 0.717) is 17.9 Å². The Labute approximate surface area is 144 Å². The van der Waals surface area contributed by atoms with E-state index >= 15 is 0 Å². The van der Waals surface area contributed by atoms with Crippen LogP contribution in [0, 0.1) is 0 Å². The lowest BCUT2D eigenvalue weighted by Gasteiger charge is -2.03. The highest BCUT2D eigenvalue weighted by molar-refractivity contribution is 5.78. The maximum Gasteiger partial charge on any atom is 0.207 e. The largest absolute Gasteiger partial charge is 0.465 e. The maximum atomic E-state index is 10.5. The third-order valence-corrected chi connectivity index (χ3v) is 2.88. The first-order chi connectivity index (χ1) is 11.7. The van der Waals surface area contributed by atoms with Crippen LogP contribution in [0.1, 0.15) is 19.8 Å². The molecule has 0 aliphatic heterocycles. The molecule has 130 valence electrons. The van der Waals surface area contributed by atoms with Crippen LogP contribution in [-0.2, 0) is 14.3 Å². The summed E-state index contributed by atoms with van der Waals surface area (Å²) < 4.78 is 4.98. The number of ether oxygens (including phenoxy) is 1. The summed E-state index contributed by atoms with van der Waals surface area (Å²) in [6.07, 6.45) is 18.4. The molecule has 0 unspecified atom stereocenters. The first-order valence-electron chi connectivity index (χ1n) is 7.69. The fourth-order valence-corrected chi connectivity index (χ4v) is 1.78. The van der Waals surface area contributed by atoms with E-state index in [1.165, 1.54) is 11.8 Å². The number of allylic oxidation sites excluding steroid dienone is 7. The molecule has 1 rings (SSSR count). The van der Waals surface area contributed by atoms with Gasteiger partial charge in [0.05, 0.1) is 11.8 Å². The highest BCUT2D eigenvalue weighted by Gasteiger charge is 2.01. The van der Waals surface area contributed by atoms with Crippen molar-refractivity contribution >= 4 is 12.7 Å². The average Bonchev–Trinajstić information content (AvgIpc) is 2.87. The van der Waals surface area contributed by atoms with Crippen molar-refractivity contribution in [3.05, 3.63) is 72.4 Å². The zero-order valence-electron chi connectivity index (χ0n) is 14.3. The van der Waals surface area contributed by atoms with Gasteiger partial charge >= 0.3 is 0 Å². The molecule has 0 radical (unpaired) electrons. The van der Waals surface area contributed by atoms with Crippen LogP contribution < -0.4 is 10.6 Å². The molecule has 0 aromatic heterocycles. The molecule has 1 amide bonds. The third kappa shape index (κ3) is 10.00. The summed E-state index contributed by atoms with van der Waals surface area (Å²) in [7, 11) is 1.71. The predicted molar refractivity (Wildman–Crippen MR) is 97.9 cm³/mol. The molecule has 2 N–H and O–H groups in total. The summed E-state index contributed by atoms with van der Waals surface area (Å²) in [5, 5.41) is 5.38. The van der Waals surface area contributed by atoms with Crippen molar-refractivity contribution in [2.75, 3.05) is 13.6 Å². The monoisotopic (exact) mass is 330 g/mol. The minimum atomic E-state index is 0.458. The van der Waals surface area contributed by atoms with Crippen LogP contribution in [0.2, 0.25) is 0 Å². The molecule has 5 nitrogen and oxygen atoms in total. The van der Waals surface area contributed by atoms with Crippen LogP contribution in [-0.4, -0.2) is 26.3 Å². The van der Waals surface area contributed by atoms with Gasteiger partial charge in [-0.2, -0.15) is 0 Å². The van der Waals surface area contributed by atoms with Gasteiger partial charge in [0.2, 0.25) is 6.41 Å². The van der Waals surface area contributed by atoms with Crippen molar-refractivity contribution < 1.29 is 14.3 Å². The Morgan fingerprint density at radius 3 is 2.75 bits per heavy atom. The van der Waals surface area contributed by atoms with E-state index in [1.807, 2.05) is 0 Å². The van der Waals surface area contributed by atoms with Gasteiger partial charge in [-0.1, -0.05) is 37.0 Å². The summed E-state index contributed by atoms with van der Waals surface area (Å²) in [5.74, 6) is 0.495. The Kier molecular flexibility index (Phi) is 13.3. The second-order valence-electron chi connectivity index (χ2n) is 4.57. The standard InChI is InChI=1S/C10H13NO.C9H13NO2/c12-9-11-8-7-10-5-3-1-2-4-6-10;1-4-9(12-5-2)8(7-11)6-10-3/h1,3-6,9H,2,7-8H2,(H,11,12);4-7,10H,2H2,1,3H3/b;8-6+,9-4-. The Balaban J connectivity index is 0.000000441. The molecule has 24 heavy (non-hydrogen) atoms. The molecule has 0 saturated carbocycles. The van der Waals surface area contributed by atoms with Crippen molar-refractivity contribution in [3.8, 4) is 0 Å². The van der Waals surface area contributed by atoms with Crippen LogP contribution in [0.15, 0.2) is 72.4 Å². The quantitative estimate of drug-likeness (QED) is 0.224. The van der Waals surface area contributed by atoms with Gasteiger partial charge < -0.3 is 15.4 Å². The van der Waals surface area contributed by atoms with Crippen molar-refractivity contribution in [1.29, 1.82) is 0 Å². The van der Waals surface area contributed by atoms with Gasteiger partial charge in [-0.25, -0.2) is 0 Å². The summed E-state index contributed by atoms with van der Waals surface area (Å²) in [5.41, 5.74) is 1.72. The molecule has 1 aliphatic rings. The minimum absolute atomic E-state index is 0.458. The highest BCUT2D eigenvalue weighted by atomic mass is 16.5. The second kappa shape index (κ2) is 15.1. The molecule has 5 heteroatoms. The van der Waals surface area contributed by atoms with Crippen LogP contribution >= 0.6 is 0 Å². The summed E-state index contributed by atoms with van der Waals surface area (Å²) in [4.78, 5) is 20.5. The minimum Gasteiger partial charge on any atom is -0.465 e. The highest BCUT2D eigenvalue weighted by Crippen LogP contribution is 2.08. The zero-order valence-corrected chi connectivity index (χ0v) is 14.3. The average molecular weight is 330 g/mol. The van der Waals surface area contributed by atoms with Crippen molar-refractivity contribution in [2.24, 2.45) is 0 Å². The molecule has 0 saturated heterocycles. The molecular formula is C19H26N2O3. The lowest BCUT2D eigenvalue weighted by molar-refractivity contribution is -0.109. The Bertz CT molecular complexity index is 541. The normalized spacial score (nSPS) is 13.7. The Morgan fingerprint density at radius 1 is 1.38 bits per heavy atom. The number of carbonyl (C=O) groups is 2. The van der Waals surface area contributed by atoms with Crippen molar-refractivity contribution in [2.45, 2.75) is 19.8 Å². The van der Waals surface area contributed by atoms with E-state index in [4.69, 9.17) is 4.74 Å². The first-order valence-corrected chi connectivity index (χ1v) is 7.69. The summed E-state index contributed by atoms with van der Waals surface area (Å²) in [6.45, 7) is 5.90. The van der Waals surface area contributed by atoms with E-state index in [-0.39, 0.29) is 0 Å². The number of amides is 1. The van der Waals surface area contributed by atoms with Crippen LogP contribution in [0.3, 0.4) is 0 Å². The zero-order chi connectivity index (χ0) is 18.0. The van der Waals surface area contributed by atoms with E-state index in [1.54, 1.807) is 26.2 Å². The fraction of sp³-hybridized carbons (Fsp3) is 0.263. The number of aldehydes is 1. The lowest BCUT2D eigenvalue weighted by Crippen LogP contribution is -2.12. The summed E-state index contributed by atoms with van der Waals surface area (Å²) >= 11 is 0. The molecule has 0 aromatic rings. The molecule has 0 atom stereocenters. The fourth-order valence-electron chi connectivity index (χ4n) is 1.78. The van der Waals surface area contributed by atoms with Gasteiger partial charge in [-0.15, -0.1) is 0 Å². The molecule has 0 fully saturated rings. The van der Waals surface area contributed by atoms with E-state index in [0.717, 1.165) is 25.5 Å². The Hall–Kier alpha value is -2.82. The predicted octanol–water partition coefficient (Wildman–Crippen LogP) is 2.92. The van der Waals surface area contributed by atoms with Crippen LogP contribution in [0.25, 0.3) is 0 Å². The second-order valence-corrected chi connectivity index (χ2v) is 4.57. The summed E-state index contributed by atoms with van der Waals surface area (Å²) in [6, 6.07) is 0. The van der Waals surface area contributed by atoms with Gasteiger partial charge in [0.25, 0.3) is 0 Å². The van der Waals surface area contributed by atoms with Gasteiger partial charge in [-0.3, -0.25) is 9.59 Å². The van der Waals surface area contributed by atoms with Gasteiger partial charge in [0.1, 0.15) is 5.76 Å². The van der Waals surface area contributed by atoms with Crippen LogP contribution in [0.4, 0.5) is 0 Å². The topological polar surface area (TPSA) is 67.4 Å². The van der Waals surface area contributed by atoms with Crippen molar-refractivity contribution in [3.63, 3.8) is 0 Å². The maximum absolute atomic E-state index is 10.5. The van der Waals surface area contributed by atoms with Gasteiger partial charge in [-0.05, 0) is 31.4 Å². The van der Waals surface area contributed by atoms with Gasteiger partial charge in [0.15, 0.2) is 6.29 Å². The van der Waals surface area contributed by atoms with E-state index in [9.17, 15) is 9.59 Å². The molecule has 1 aliphatic carbocycles. The molecule has 0 heterocycles. The SMILES string of the molecule is C=COC(=C\C)/C(C=O)=C/NC.O=CNCCC1=CC=CCC=C1. The van der Waals surface area contributed by atoms with E-state index < -0.39 is 0 Å². The number of rotatable bonds is 9. The molecule has 0 spiro atoms. The van der Waals surface area contributed by atoms with E-state index in [2.05, 4.69) is 47.6 Å².